The molecular formula is C12H26N2O4S. The van der Waals surface area contributed by atoms with Gasteiger partial charge in [0.1, 0.15) is 15.4 Å². The molecular weight excluding hydrogens is 268 g/mol. The molecule has 0 saturated carbocycles. The van der Waals surface area contributed by atoms with Gasteiger partial charge in [-0.1, -0.05) is 6.92 Å². The summed E-state index contributed by atoms with van der Waals surface area (Å²) < 4.78 is 27.0. The van der Waals surface area contributed by atoms with Crippen LogP contribution in [0.15, 0.2) is 0 Å². The van der Waals surface area contributed by atoms with Crippen molar-refractivity contribution >= 4 is 15.8 Å². The Bertz CT molecular complexity index is 383. The van der Waals surface area contributed by atoms with Crippen LogP contribution < -0.4 is 5.32 Å². The fourth-order valence-corrected chi connectivity index (χ4v) is 2.37. The average molecular weight is 294 g/mol. The van der Waals surface area contributed by atoms with Gasteiger partial charge in [-0.05, 0) is 26.9 Å². The molecule has 1 N–H and O–H groups in total. The van der Waals surface area contributed by atoms with Crippen molar-refractivity contribution < 1.29 is 17.9 Å². The van der Waals surface area contributed by atoms with Gasteiger partial charge in [-0.15, -0.1) is 0 Å². The minimum absolute atomic E-state index is 0.125. The molecule has 0 spiro atoms. The lowest BCUT2D eigenvalue weighted by molar-refractivity contribution is -0.148. The van der Waals surface area contributed by atoms with Crippen LogP contribution in [0.1, 0.15) is 20.3 Å². The number of likely N-dealkylation sites (N-methyl/N-ethyl adjacent to an activating group) is 1. The van der Waals surface area contributed by atoms with Crippen molar-refractivity contribution in [2.24, 2.45) is 0 Å². The van der Waals surface area contributed by atoms with Gasteiger partial charge in [-0.2, -0.15) is 0 Å². The van der Waals surface area contributed by atoms with Gasteiger partial charge in [0.2, 0.25) is 0 Å². The molecule has 0 fully saturated rings. The molecule has 0 saturated heterocycles. The molecule has 0 aromatic carbocycles. The van der Waals surface area contributed by atoms with Gasteiger partial charge < -0.3 is 15.0 Å². The Morgan fingerprint density at radius 3 is 2.37 bits per heavy atom. The summed E-state index contributed by atoms with van der Waals surface area (Å²) in [5, 5.41) is 3.12. The molecule has 0 rings (SSSR count). The van der Waals surface area contributed by atoms with Crippen LogP contribution in [-0.4, -0.2) is 70.6 Å². The number of rotatable bonds is 9. The average Bonchev–Trinajstić information content (AvgIpc) is 2.32. The van der Waals surface area contributed by atoms with E-state index in [-0.39, 0.29) is 11.7 Å². The molecule has 19 heavy (non-hydrogen) atoms. The summed E-state index contributed by atoms with van der Waals surface area (Å²) >= 11 is 0. The smallest absolute Gasteiger partial charge is 0.325 e. The maximum Gasteiger partial charge on any atom is 0.325 e. The largest absolute Gasteiger partial charge is 0.468 e. The Kier molecular flexibility index (Phi) is 7.54. The summed E-state index contributed by atoms with van der Waals surface area (Å²) in [5.74, 6) is -0.175. The van der Waals surface area contributed by atoms with E-state index in [9.17, 15) is 13.2 Å². The molecule has 0 aliphatic heterocycles. The van der Waals surface area contributed by atoms with Gasteiger partial charge in [0.25, 0.3) is 0 Å². The van der Waals surface area contributed by atoms with Crippen LogP contribution >= 0.6 is 0 Å². The lowest BCUT2D eigenvalue weighted by Crippen LogP contribution is -2.51. The van der Waals surface area contributed by atoms with Crippen LogP contribution in [0.3, 0.4) is 0 Å². The molecule has 0 amide bonds. The highest BCUT2D eigenvalue weighted by molar-refractivity contribution is 7.90. The second kappa shape index (κ2) is 7.81. The number of ether oxygens (including phenoxy) is 1. The fourth-order valence-electron chi connectivity index (χ4n) is 1.73. The first-order valence-corrected chi connectivity index (χ1v) is 8.40. The summed E-state index contributed by atoms with van der Waals surface area (Å²) in [4.78, 5) is 13.7. The summed E-state index contributed by atoms with van der Waals surface area (Å²) in [5.41, 5.74) is -0.733. The number of nitrogens with zero attached hydrogens (tertiary/aromatic N) is 1. The molecule has 7 heteroatoms. The predicted molar refractivity (Wildman–Crippen MR) is 75.9 cm³/mol. The molecule has 1 atom stereocenters. The van der Waals surface area contributed by atoms with E-state index >= 15 is 0 Å². The number of hydrogen-bond donors (Lipinski definition) is 1. The molecule has 0 aliphatic rings. The topological polar surface area (TPSA) is 75.7 Å². The van der Waals surface area contributed by atoms with Crippen LogP contribution in [-0.2, 0) is 19.4 Å². The minimum Gasteiger partial charge on any atom is -0.468 e. The van der Waals surface area contributed by atoms with E-state index in [1.54, 1.807) is 6.92 Å². The van der Waals surface area contributed by atoms with Crippen LogP contribution in [0, 0.1) is 0 Å². The molecule has 0 bridgehead atoms. The summed E-state index contributed by atoms with van der Waals surface area (Å²) in [7, 11) is 0.255. The molecule has 1 unspecified atom stereocenters. The molecule has 114 valence electrons. The summed E-state index contributed by atoms with van der Waals surface area (Å²) in [6.45, 7) is 5.47. The number of sulfone groups is 1. The maximum atomic E-state index is 11.8. The fraction of sp³-hybridized carbons (Fsp3) is 0.917. The summed E-state index contributed by atoms with van der Waals surface area (Å²) in [6, 6.07) is 0. The Hall–Kier alpha value is -0.660. The Morgan fingerprint density at radius 2 is 1.95 bits per heavy atom. The van der Waals surface area contributed by atoms with Gasteiger partial charge in [-0.25, -0.2) is 8.42 Å². The number of hydrogen-bond acceptors (Lipinski definition) is 6. The quantitative estimate of drug-likeness (QED) is 0.598. The van der Waals surface area contributed by atoms with Crippen molar-refractivity contribution in [1.82, 2.24) is 10.2 Å². The zero-order valence-corrected chi connectivity index (χ0v) is 13.3. The first-order valence-electron chi connectivity index (χ1n) is 6.34. The second-order valence-corrected chi connectivity index (χ2v) is 7.30. The van der Waals surface area contributed by atoms with E-state index in [1.807, 2.05) is 18.9 Å². The van der Waals surface area contributed by atoms with Gasteiger partial charge in [-0.3, -0.25) is 4.79 Å². The maximum absolute atomic E-state index is 11.8. The number of carbonyl (C=O) groups is 1. The van der Waals surface area contributed by atoms with Crippen LogP contribution in [0.2, 0.25) is 0 Å². The molecule has 0 aliphatic carbocycles. The molecule has 6 nitrogen and oxygen atoms in total. The van der Waals surface area contributed by atoms with Gasteiger partial charge in [0.05, 0.1) is 12.9 Å². The van der Waals surface area contributed by atoms with Crippen LogP contribution in [0.5, 0.6) is 0 Å². The third-order valence-corrected chi connectivity index (χ3v) is 3.96. The van der Waals surface area contributed by atoms with Crippen molar-refractivity contribution in [3.8, 4) is 0 Å². The van der Waals surface area contributed by atoms with Gasteiger partial charge in [0, 0.05) is 19.3 Å². The SMILES string of the molecule is CCNC(C)(CCN(C)CCS(C)(=O)=O)C(=O)OC. The van der Waals surface area contributed by atoms with Crippen molar-refractivity contribution in [2.45, 2.75) is 25.8 Å². The summed E-state index contributed by atoms with van der Waals surface area (Å²) in [6.07, 6.45) is 1.78. The number of methoxy groups -OCH3 is 1. The molecule has 0 radical (unpaired) electrons. The number of esters is 1. The Morgan fingerprint density at radius 1 is 1.37 bits per heavy atom. The lowest BCUT2D eigenvalue weighted by atomic mass is 9.97. The zero-order chi connectivity index (χ0) is 15.1. The van der Waals surface area contributed by atoms with Crippen molar-refractivity contribution in [3.05, 3.63) is 0 Å². The Labute approximate surface area is 116 Å². The van der Waals surface area contributed by atoms with Gasteiger partial charge in [0.15, 0.2) is 0 Å². The predicted octanol–water partition coefficient (Wildman–Crippen LogP) is -0.106. The van der Waals surface area contributed by atoms with Crippen molar-refractivity contribution in [2.75, 3.05) is 45.8 Å². The highest BCUT2D eigenvalue weighted by Gasteiger charge is 2.33. The highest BCUT2D eigenvalue weighted by Crippen LogP contribution is 2.12. The number of carbonyl (C=O) groups excluding carboxylic acids is 1. The van der Waals surface area contributed by atoms with Crippen LogP contribution in [0.25, 0.3) is 0 Å². The van der Waals surface area contributed by atoms with E-state index in [1.165, 1.54) is 13.4 Å². The molecule has 0 aromatic heterocycles. The lowest BCUT2D eigenvalue weighted by Gasteiger charge is -2.29. The van der Waals surface area contributed by atoms with E-state index in [4.69, 9.17) is 4.74 Å². The normalized spacial score (nSPS) is 15.3. The van der Waals surface area contributed by atoms with Crippen LogP contribution in [0.4, 0.5) is 0 Å². The standard InChI is InChI=1S/C12H26N2O4S/c1-6-13-12(2,11(15)18-4)7-8-14(3)9-10-19(5,16)17/h13H,6-10H2,1-5H3. The van der Waals surface area contributed by atoms with Gasteiger partial charge >= 0.3 is 5.97 Å². The minimum atomic E-state index is -2.95. The molecule has 0 aromatic rings. The third-order valence-electron chi connectivity index (χ3n) is 3.04. The first-order chi connectivity index (χ1) is 8.64. The van der Waals surface area contributed by atoms with E-state index in [0.29, 0.717) is 26.1 Å². The van der Waals surface area contributed by atoms with Crippen molar-refractivity contribution in [1.29, 1.82) is 0 Å². The van der Waals surface area contributed by atoms with E-state index in [0.717, 1.165) is 0 Å². The van der Waals surface area contributed by atoms with E-state index < -0.39 is 15.4 Å². The Balaban J connectivity index is 4.36. The van der Waals surface area contributed by atoms with Crippen molar-refractivity contribution in [3.63, 3.8) is 0 Å². The monoisotopic (exact) mass is 294 g/mol. The second-order valence-electron chi connectivity index (χ2n) is 5.04. The number of nitrogens with one attached hydrogen (secondary N) is 1. The van der Waals surface area contributed by atoms with E-state index in [2.05, 4.69) is 5.32 Å². The highest BCUT2D eigenvalue weighted by atomic mass is 32.2. The third kappa shape index (κ3) is 7.49. The molecule has 0 heterocycles. The zero-order valence-electron chi connectivity index (χ0n) is 12.5. The first kappa shape index (κ1) is 18.3.